The molecule has 1 saturated heterocycles. The van der Waals surface area contributed by atoms with Crippen molar-refractivity contribution in [1.82, 2.24) is 9.55 Å². The molecule has 2 rings (SSSR count). The molecule has 0 bridgehead atoms. The maximum Gasteiger partial charge on any atom is 0.108 e. The minimum absolute atomic E-state index is 0.486. The average molecular weight is 194 g/mol. The SMILES string of the molecule is CCC1CC(Cc2nccn2C)CO1. The van der Waals surface area contributed by atoms with Crippen molar-refractivity contribution < 1.29 is 4.74 Å². The average Bonchev–Trinajstić information content (AvgIpc) is 2.77. The van der Waals surface area contributed by atoms with Crippen molar-refractivity contribution in [3.63, 3.8) is 0 Å². The van der Waals surface area contributed by atoms with Gasteiger partial charge in [-0.15, -0.1) is 0 Å². The van der Waals surface area contributed by atoms with Gasteiger partial charge in [0.1, 0.15) is 5.82 Å². The minimum Gasteiger partial charge on any atom is -0.378 e. The summed E-state index contributed by atoms with van der Waals surface area (Å²) in [5.74, 6) is 1.84. The fourth-order valence-electron chi connectivity index (χ4n) is 2.06. The van der Waals surface area contributed by atoms with Crippen LogP contribution >= 0.6 is 0 Å². The zero-order valence-corrected chi connectivity index (χ0v) is 8.94. The van der Waals surface area contributed by atoms with Gasteiger partial charge in [0.15, 0.2) is 0 Å². The van der Waals surface area contributed by atoms with E-state index in [1.807, 2.05) is 12.4 Å². The third-order valence-corrected chi connectivity index (χ3v) is 3.01. The lowest BCUT2D eigenvalue weighted by molar-refractivity contribution is 0.104. The van der Waals surface area contributed by atoms with E-state index in [1.165, 1.54) is 12.2 Å². The maximum atomic E-state index is 5.67. The molecule has 3 nitrogen and oxygen atoms in total. The first-order valence-corrected chi connectivity index (χ1v) is 5.37. The largest absolute Gasteiger partial charge is 0.378 e. The molecule has 0 radical (unpaired) electrons. The van der Waals surface area contributed by atoms with Gasteiger partial charge in [-0.1, -0.05) is 6.92 Å². The molecule has 1 fully saturated rings. The summed E-state index contributed by atoms with van der Waals surface area (Å²) in [5.41, 5.74) is 0. The Kier molecular flexibility index (Phi) is 2.87. The predicted molar refractivity (Wildman–Crippen MR) is 55.1 cm³/mol. The van der Waals surface area contributed by atoms with Gasteiger partial charge in [-0.3, -0.25) is 0 Å². The summed E-state index contributed by atoms with van der Waals surface area (Å²) < 4.78 is 7.76. The lowest BCUT2D eigenvalue weighted by atomic mass is 10.0. The lowest BCUT2D eigenvalue weighted by Gasteiger charge is -2.07. The number of aryl methyl sites for hydroxylation is 1. The number of nitrogens with zero attached hydrogens (tertiary/aromatic N) is 2. The second-order valence-corrected chi connectivity index (χ2v) is 4.12. The molecule has 1 aromatic rings. The van der Waals surface area contributed by atoms with Gasteiger partial charge in [-0.2, -0.15) is 0 Å². The first-order chi connectivity index (χ1) is 6.79. The summed E-state index contributed by atoms with van der Waals surface area (Å²) in [6, 6.07) is 0. The van der Waals surface area contributed by atoms with E-state index in [-0.39, 0.29) is 0 Å². The fraction of sp³-hybridized carbons (Fsp3) is 0.727. The lowest BCUT2D eigenvalue weighted by Crippen LogP contribution is -2.08. The van der Waals surface area contributed by atoms with E-state index in [2.05, 4.69) is 23.5 Å². The Hall–Kier alpha value is -0.830. The van der Waals surface area contributed by atoms with Crippen LogP contribution in [0.4, 0.5) is 0 Å². The molecule has 0 aliphatic carbocycles. The third-order valence-electron chi connectivity index (χ3n) is 3.01. The monoisotopic (exact) mass is 194 g/mol. The van der Waals surface area contributed by atoms with Crippen molar-refractivity contribution in [2.75, 3.05) is 6.61 Å². The number of rotatable bonds is 3. The Morgan fingerprint density at radius 1 is 1.64 bits per heavy atom. The van der Waals surface area contributed by atoms with E-state index in [9.17, 15) is 0 Å². The maximum absolute atomic E-state index is 5.67. The molecule has 1 aromatic heterocycles. The Morgan fingerprint density at radius 3 is 3.07 bits per heavy atom. The summed E-state index contributed by atoms with van der Waals surface area (Å²) in [5, 5.41) is 0. The molecule has 1 aliphatic rings. The number of hydrogen-bond donors (Lipinski definition) is 0. The Bertz CT molecular complexity index is 295. The van der Waals surface area contributed by atoms with Crippen LogP contribution in [0.2, 0.25) is 0 Å². The van der Waals surface area contributed by atoms with Crippen LogP contribution in [-0.2, 0) is 18.2 Å². The summed E-state index contributed by atoms with van der Waals surface area (Å²) in [7, 11) is 2.05. The Balaban J connectivity index is 1.90. The standard InChI is InChI=1S/C11H18N2O/c1-3-10-6-9(8-14-10)7-11-12-4-5-13(11)2/h4-5,9-10H,3,6-8H2,1-2H3. The summed E-state index contributed by atoms with van der Waals surface area (Å²) in [6.45, 7) is 3.10. The first-order valence-electron chi connectivity index (χ1n) is 5.37. The number of imidazole rings is 1. The summed E-state index contributed by atoms with van der Waals surface area (Å²) >= 11 is 0. The van der Waals surface area contributed by atoms with Crippen molar-refractivity contribution in [3.8, 4) is 0 Å². The van der Waals surface area contributed by atoms with Crippen LogP contribution in [-0.4, -0.2) is 22.3 Å². The molecular formula is C11H18N2O. The predicted octanol–water partition coefficient (Wildman–Crippen LogP) is 1.78. The van der Waals surface area contributed by atoms with Crippen LogP contribution in [0.1, 0.15) is 25.6 Å². The van der Waals surface area contributed by atoms with E-state index in [0.29, 0.717) is 12.0 Å². The smallest absolute Gasteiger partial charge is 0.108 e. The molecule has 3 heteroatoms. The van der Waals surface area contributed by atoms with Crippen LogP contribution in [0.25, 0.3) is 0 Å². The van der Waals surface area contributed by atoms with Crippen molar-refractivity contribution >= 4 is 0 Å². The molecule has 14 heavy (non-hydrogen) atoms. The molecule has 2 unspecified atom stereocenters. The zero-order valence-electron chi connectivity index (χ0n) is 8.94. The van der Waals surface area contributed by atoms with Crippen LogP contribution in [0, 0.1) is 5.92 Å². The van der Waals surface area contributed by atoms with Crippen molar-refractivity contribution in [2.45, 2.75) is 32.3 Å². The number of ether oxygens (including phenoxy) is 1. The quantitative estimate of drug-likeness (QED) is 0.733. The number of aromatic nitrogens is 2. The molecule has 78 valence electrons. The van der Waals surface area contributed by atoms with Crippen LogP contribution < -0.4 is 0 Å². The van der Waals surface area contributed by atoms with Crippen LogP contribution in [0.15, 0.2) is 12.4 Å². The van der Waals surface area contributed by atoms with Gasteiger partial charge in [0.2, 0.25) is 0 Å². The summed E-state index contributed by atoms with van der Waals surface area (Å²) in [4.78, 5) is 4.34. The van der Waals surface area contributed by atoms with Gasteiger partial charge in [-0.25, -0.2) is 4.98 Å². The molecule has 0 amide bonds. The number of hydrogen-bond acceptors (Lipinski definition) is 2. The van der Waals surface area contributed by atoms with Gasteiger partial charge >= 0.3 is 0 Å². The second kappa shape index (κ2) is 4.13. The Labute approximate surface area is 85.1 Å². The normalized spacial score (nSPS) is 27.0. The fourth-order valence-corrected chi connectivity index (χ4v) is 2.06. The third kappa shape index (κ3) is 1.98. The van der Waals surface area contributed by atoms with Crippen LogP contribution in [0.3, 0.4) is 0 Å². The van der Waals surface area contributed by atoms with E-state index >= 15 is 0 Å². The van der Waals surface area contributed by atoms with Gasteiger partial charge in [0, 0.05) is 25.9 Å². The zero-order chi connectivity index (χ0) is 9.97. The van der Waals surface area contributed by atoms with E-state index in [1.54, 1.807) is 0 Å². The molecule has 0 spiro atoms. The van der Waals surface area contributed by atoms with Crippen molar-refractivity contribution in [2.24, 2.45) is 13.0 Å². The van der Waals surface area contributed by atoms with E-state index < -0.39 is 0 Å². The summed E-state index contributed by atoms with van der Waals surface area (Å²) in [6.07, 6.45) is 7.74. The van der Waals surface area contributed by atoms with Crippen molar-refractivity contribution in [3.05, 3.63) is 18.2 Å². The van der Waals surface area contributed by atoms with Gasteiger partial charge in [0.25, 0.3) is 0 Å². The molecule has 0 aromatic carbocycles. The topological polar surface area (TPSA) is 27.1 Å². The molecule has 1 aliphatic heterocycles. The van der Waals surface area contributed by atoms with Gasteiger partial charge in [-0.05, 0) is 18.8 Å². The van der Waals surface area contributed by atoms with E-state index in [0.717, 1.165) is 19.4 Å². The highest BCUT2D eigenvalue weighted by atomic mass is 16.5. The molecule has 0 saturated carbocycles. The van der Waals surface area contributed by atoms with Crippen LogP contribution in [0.5, 0.6) is 0 Å². The van der Waals surface area contributed by atoms with Gasteiger partial charge < -0.3 is 9.30 Å². The molecule has 0 N–H and O–H groups in total. The first kappa shape index (κ1) is 9.71. The second-order valence-electron chi connectivity index (χ2n) is 4.12. The highest BCUT2D eigenvalue weighted by Gasteiger charge is 2.24. The molecule has 2 atom stereocenters. The van der Waals surface area contributed by atoms with Crippen molar-refractivity contribution in [1.29, 1.82) is 0 Å². The van der Waals surface area contributed by atoms with Gasteiger partial charge in [0.05, 0.1) is 12.7 Å². The minimum atomic E-state index is 0.486. The molecule has 2 heterocycles. The highest BCUT2D eigenvalue weighted by Crippen LogP contribution is 2.24. The Morgan fingerprint density at radius 2 is 2.50 bits per heavy atom. The highest BCUT2D eigenvalue weighted by molar-refractivity contribution is 4.94. The van der Waals surface area contributed by atoms with E-state index in [4.69, 9.17) is 4.74 Å². The molecular weight excluding hydrogens is 176 g/mol.